The Morgan fingerprint density at radius 1 is 1.71 bits per heavy atom. The summed E-state index contributed by atoms with van der Waals surface area (Å²) in [6.07, 6.45) is 3.35. The highest BCUT2D eigenvalue weighted by Crippen LogP contribution is 1.98. The van der Waals surface area contributed by atoms with Gasteiger partial charge in [-0.05, 0) is 5.92 Å². The summed E-state index contributed by atoms with van der Waals surface area (Å²) < 4.78 is 0. The zero-order chi connectivity index (χ0) is 10.6. The van der Waals surface area contributed by atoms with Crippen LogP contribution in [0.4, 0.5) is 0 Å². The molecule has 1 amide bonds. The molecule has 1 aromatic rings. The first-order chi connectivity index (χ1) is 6.61. The fraction of sp³-hybridized carbons (Fsp3) is 0.556. The number of amides is 1. The Kier molecular flexibility index (Phi) is 3.64. The Morgan fingerprint density at radius 3 is 2.93 bits per heavy atom. The third kappa shape index (κ3) is 2.85. The Bertz CT molecular complexity index is 281. The number of nitrogens with zero attached hydrogens (tertiary/aromatic N) is 1. The van der Waals surface area contributed by atoms with Gasteiger partial charge in [0, 0.05) is 12.4 Å². The van der Waals surface area contributed by atoms with Gasteiger partial charge in [-0.25, -0.2) is 4.98 Å². The molecule has 5 nitrogen and oxygen atoms in total. The van der Waals surface area contributed by atoms with E-state index in [0.717, 1.165) is 5.82 Å². The van der Waals surface area contributed by atoms with Crippen molar-refractivity contribution in [1.29, 1.82) is 0 Å². The van der Waals surface area contributed by atoms with Crippen molar-refractivity contribution in [2.45, 2.75) is 26.4 Å². The summed E-state index contributed by atoms with van der Waals surface area (Å²) in [6.45, 7) is 4.22. The monoisotopic (exact) mass is 196 g/mol. The number of nitrogens with one attached hydrogen (secondary N) is 2. The molecule has 0 unspecified atom stereocenters. The van der Waals surface area contributed by atoms with Crippen LogP contribution in [0, 0.1) is 5.92 Å². The Labute approximate surface area is 83.1 Å². The Hall–Kier alpha value is -1.36. The van der Waals surface area contributed by atoms with Crippen molar-refractivity contribution in [3.63, 3.8) is 0 Å². The highest BCUT2D eigenvalue weighted by atomic mass is 16.2. The van der Waals surface area contributed by atoms with Crippen molar-refractivity contribution in [3.8, 4) is 0 Å². The number of imidazole rings is 1. The normalized spacial score (nSPS) is 12.9. The maximum absolute atomic E-state index is 11.4. The van der Waals surface area contributed by atoms with Gasteiger partial charge in [-0.3, -0.25) is 4.79 Å². The number of carbonyl (C=O) groups excluding carboxylic acids is 1. The lowest BCUT2D eigenvalue weighted by molar-refractivity contribution is -0.123. The second-order valence-electron chi connectivity index (χ2n) is 3.52. The van der Waals surface area contributed by atoms with Crippen molar-refractivity contribution < 1.29 is 4.79 Å². The molecule has 4 N–H and O–H groups in total. The minimum atomic E-state index is -0.454. The maximum Gasteiger partial charge on any atom is 0.237 e. The zero-order valence-corrected chi connectivity index (χ0v) is 8.45. The fourth-order valence-corrected chi connectivity index (χ4v) is 0.986. The number of hydrogen-bond donors (Lipinski definition) is 3. The fourth-order valence-electron chi connectivity index (χ4n) is 0.986. The van der Waals surface area contributed by atoms with Crippen LogP contribution in [0.1, 0.15) is 19.7 Å². The highest BCUT2D eigenvalue weighted by molar-refractivity contribution is 5.81. The molecule has 0 aliphatic carbocycles. The molecule has 0 aliphatic heterocycles. The SMILES string of the molecule is CC(C)[C@@H](N)C(=O)NCc1ncc[nH]1. The van der Waals surface area contributed by atoms with Crippen molar-refractivity contribution in [1.82, 2.24) is 15.3 Å². The second kappa shape index (κ2) is 4.76. The van der Waals surface area contributed by atoms with Crippen LogP contribution in [-0.2, 0) is 11.3 Å². The second-order valence-corrected chi connectivity index (χ2v) is 3.52. The molecule has 78 valence electrons. The van der Waals surface area contributed by atoms with E-state index in [-0.39, 0.29) is 11.8 Å². The molecule has 0 radical (unpaired) electrons. The molecule has 1 atom stereocenters. The van der Waals surface area contributed by atoms with Gasteiger partial charge >= 0.3 is 0 Å². The Balaban J connectivity index is 2.35. The van der Waals surface area contributed by atoms with Crippen LogP contribution in [0.25, 0.3) is 0 Å². The third-order valence-electron chi connectivity index (χ3n) is 2.01. The number of rotatable bonds is 4. The van der Waals surface area contributed by atoms with E-state index in [1.807, 2.05) is 13.8 Å². The molecule has 1 heterocycles. The largest absolute Gasteiger partial charge is 0.348 e. The van der Waals surface area contributed by atoms with Crippen LogP contribution in [0.3, 0.4) is 0 Å². The number of aromatic nitrogens is 2. The minimum absolute atomic E-state index is 0.142. The molecule has 5 heteroatoms. The van der Waals surface area contributed by atoms with E-state index in [1.165, 1.54) is 0 Å². The topological polar surface area (TPSA) is 83.8 Å². The standard InChI is InChI=1S/C9H16N4O/c1-6(2)8(10)9(14)13-5-7-11-3-4-12-7/h3-4,6,8H,5,10H2,1-2H3,(H,11,12)(H,13,14)/t8-/m1/s1. The lowest BCUT2D eigenvalue weighted by atomic mass is 10.1. The minimum Gasteiger partial charge on any atom is -0.348 e. The van der Waals surface area contributed by atoms with E-state index in [0.29, 0.717) is 6.54 Å². The molecule has 1 aromatic heterocycles. The molecular weight excluding hydrogens is 180 g/mol. The zero-order valence-electron chi connectivity index (χ0n) is 8.45. The van der Waals surface area contributed by atoms with Gasteiger partial charge < -0.3 is 16.0 Å². The summed E-state index contributed by atoms with van der Waals surface area (Å²) in [6, 6.07) is -0.454. The molecule has 0 aromatic carbocycles. The molecule has 0 spiro atoms. The van der Waals surface area contributed by atoms with E-state index in [9.17, 15) is 4.79 Å². The highest BCUT2D eigenvalue weighted by Gasteiger charge is 2.16. The van der Waals surface area contributed by atoms with Gasteiger partial charge in [0.15, 0.2) is 0 Å². The van der Waals surface area contributed by atoms with Crippen molar-refractivity contribution in [2.24, 2.45) is 11.7 Å². The summed E-state index contributed by atoms with van der Waals surface area (Å²) in [5.74, 6) is 0.734. The summed E-state index contributed by atoms with van der Waals surface area (Å²) in [5, 5.41) is 2.71. The predicted octanol–water partition coefficient (Wildman–Crippen LogP) is 0.00920. The van der Waals surface area contributed by atoms with Crippen LogP contribution in [-0.4, -0.2) is 21.9 Å². The first-order valence-corrected chi connectivity index (χ1v) is 4.63. The molecular formula is C9H16N4O. The summed E-state index contributed by atoms with van der Waals surface area (Å²) in [7, 11) is 0. The van der Waals surface area contributed by atoms with Crippen molar-refractivity contribution in [2.75, 3.05) is 0 Å². The molecule has 1 rings (SSSR count). The quantitative estimate of drug-likeness (QED) is 0.634. The van der Waals surface area contributed by atoms with Crippen LogP contribution in [0.5, 0.6) is 0 Å². The van der Waals surface area contributed by atoms with Gasteiger partial charge in [0.05, 0.1) is 12.6 Å². The molecule has 0 aliphatic rings. The van der Waals surface area contributed by atoms with E-state index in [1.54, 1.807) is 12.4 Å². The predicted molar refractivity (Wildman–Crippen MR) is 53.2 cm³/mol. The van der Waals surface area contributed by atoms with Gasteiger partial charge in [0.1, 0.15) is 5.82 Å². The number of aromatic amines is 1. The molecule has 14 heavy (non-hydrogen) atoms. The summed E-state index contributed by atoms with van der Waals surface area (Å²) in [5.41, 5.74) is 5.66. The van der Waals surface area contributed by atoms with Crippen LogP contribution in [0.15, 0.2) is 12.4 Å². The van der Waals surface area contributed by atoms with E-state index in [2.05, 4.69) is 15.3 Å². The van der Waals surface area contributed by atoms with Crippen LogP contribution < -0.4 is 11.1 Å². The van der Waals surface area contributed by atoms with Gasteiger partial charge in [-0.2, -0.15) is 0 Å². The smallest absolute Gasteiger partial charge is 0.237 e. The maximum atomic E-state index is 11.4. The number of hydrogen-bond acceptors (Lipinski definition) is 3. The Morgan fingerprint density at radius 2 is 2.43 bits per heavy atom. The number of nitrogens with two attached hydrogens (primary N) is 1. The lowest BCUT2D eigenvalue weighted by Gasteiger charge is -2.14. The molecule has 0 saturated heterocycles. The number of carbonyl (C=O) groups is 1. The van der Waals surface area contributed by atoms with Gasteiger partial charge in [-0.1, -0.05) is 13.8 Å². The van der Waals surface area contributed by atoms with Gasteiger partial charge in [-0.15, -0.1) is 0 Å². The van der Waals surface area contributed by atoms with Crippen molar-refractivity contribution >= 4 is 5.91 Å². The third-order valence-corrected chi connectivity index (χ3v) is 2.01. The van der Waals surface area contributed by atoms with Crippen LogP contribution >= 0.6 is 0 Å². The first kappa shape index (κ1) is 10.7. The summed E-state index contributed by atoms with van der Waals surface area (Å²) in [4.78, 5) is 18.3. The number of H-pyrrole nitrogens is 1. The van der Waals surface area contributed by atoms with Crippen molar-refractivity contribution in [3.05, 3.63) is 18.2 Å². The van der Waals surface area contributed by atoms with Crippen LogP contribution in [0.2, 0.25) is 0 Å². The van der Waals surface area contributed by atoms with Gasteiger partial charge in [0.25, 0.3) is 0 Å². The average Bonchev–Trinajstić information content (AvgIpc) is 2.65. The molecule has 0 fully saturated rings. The van der Waals surface area contributed by atoms with E-state index >= 15 is 0 Å². The molecule has 0 saturated carbocycles. The molecule has 0 bridgehead atoms. The van der Waals surface area contributed by atoms with E-state index < -0.39 is 6.04 Å². The summed E-state index contributed by atoms with van der Waals surface area (Å²) >= 11 is 0. The lowest BCUT2D eigenvalue weighted by Crippen LogP contribution is -2.43. The first-order valence-electron chi connectivity index (χ1n) is 4.63. The van der Waals surface area contributed by atoms with Gasteiger partial charge in [0.2, 0.25) is 5.91 Å². The average molecular weight is 196 g/mol. The van der Waals surface area contributed by atoms with E-state index in [4.69, 9.17) is 5.73 Å².